The highest BCUT2D eigenvalue weighted by atomic mass is 16.5. The topological polar surface area (TPSA) is 15.7 Å². The molecule has 1 saturated carbocycles. The van der Waals surface area contributed by atoms with Crippen molar-refractivity contribution in [2.24, 2.45) is 5.92 Å². The predicted molar refractivity (Wildman–Crippen MR) is 123 cm³/mol. The molecule has 0 amide bonds. The second-order valence-electron chi connectivity index (χ2n) is 9.53. The molecule has 0 N–H and O–H groups in total. The van der Waals surface area contributed by atoms with Gasteiger partial charge in [-0.15, -0.1) is 0 Å². The summed E-state index contributed by atoms with van der Waals surface area (Å²) in [4.78, 5) is 5.63. The second kappa shape index (κ2) is 9.53. The van der Waals surface area contributed by atoms with Gasteiger partial charge in [0.05, 0.1) is 0 Å². The first kappa shape index (κ1) is 20.1. The van der Waals surface area contributed by atoms with E-state index in [1.807, 2.05) is 0 Å². The van der Waals surface area contributed by atoms with Crippen molar-refractivity contribution in [1.29, 1.82) is 0 Å². The van der Waals surface area contributed by atoms with Gasteiger partial charge in [-0.25, -0.2) is 0 Å². The lowest BCUT2D eigenvalue weighted by Gasteiger charge is -2.49. The zero-order valence-corrected chi connectivity index (χ0v) is 18.2. The summed E-state index contributed by atoms with van der Waals surface area (Å²) in [6.45, 7) is 5.49. The Balaban J connectivity index is 1.28. The van der Waals surface area contributed by atoms with E-state index in [4.69, 9.17) is 4.74 Å². The van der Waals surface area contributed by atoms with E-state index >= 15 is 0 Å². The summed E-state index contributed by atoms with van der Waals surface area (Å²) >= 11 is 0. The van der Waals surface area contributed by atoms with Gasteiger partial charge >= 0.3 is 0 Å². The molecule has 30 heavy (non-hydrogen) atoms. The van der Waals surface area contributed by atoms with Crippen LogP contribution in [0.2, 0.25) is 0 Å². The van der Waals surface area contributed by atoms with Gasteiger partial charge in [-0.3, -0.25) is 9.80 Å². The van der Waals surface area contributed by atoms with E-state index in [9.17, 15) is 0 Å². The Bertz CT molecular complexity index is 802. The SMILES string of the molecule is c1ccc(COc2cccc(CN3CCN4CCCC4C3C3CCCCC3)c2)cc1. The molecule has 0 radical (unpaired) electrons. The zero-order valence-electron chi connectivity index (χ0n) is 18.2. The molecule has 5 rings (SSSR count). The third-order valence-corrected chi connectivity index (χ3v) is 7.57. The maximum Gasteiger partial charge on any atom is 0.120 e. The maximum atomic E-state index is 6.11. The molecule has 160 valence electrons. The fourth-order valence-electron chi connectivity index (χ4n) is 6.15. The molecule has 3 heteroatoms. The molecule has 3 fully saturated rings. The minimum atomic E-state index is 0.635. The largest absolute Gasteiger partial charge is 0.489 e. The molecule has 0 aromatic heterocycles. The minimum Gasteiger partial charge on any atom is -0.489 e. The van der Waals surface area contributed by atoms with E-state index in [1.165, 1.54) is 75.7 Å². The van der Waals surface area contributed by atoms with E-state index in [0.29, 0.717) is 6.61 Å². The van der Waals surface area contributed by atoms with E-state index in [-0.39, 0.29) is 0 Å². The fourth-order valence-corrected chi connectivity index (χ4v) is 6.15. The van der Waals surface area contributed by atoms with Crippen LogP contribution in [0.25, 0.3) is 0 Å². The average Bonchev–Trinajstić information content (AvgIpc) is 3.28. The maximum absolute atomic E-state index is 6.11. The van der Waals surface area contributed by atoms with Gasteiger partial charge in [0.1, 0.15) is 12.4 Å². The number of fused-ring (bicyclic) bond motifs is 1. The summed E-state index contributed by atoms with van der Waals surface area (Å²) in [6.07, 6.45) is 9.98. The minimum absolute atomic E-state index is 0.635. The lowest BCUT2D eigenvalue weighted by Crippen LogP contribution is -2.59. The van der Waals surface area contributed by atoms with Gasteiger partial charge in [0, 0.05) is 31.7 Å². The molecule has 2 unspecified atom stereocenters. The molecule has 2 heterocycles. The number of ether oxygens (including phenoxy) is 1. The van der Waals surface area contributed by atoms with Crippen LogP contribution in [0.4, 0.5) is 0 Å². The highest BCUT2D eigenvalue weighted by Crippen LogP contribution is 2.38. The highest BCUT2D eigenvalue weighted by molar-refractivity contribution is 5.29. The molecular weight excluding hydrogens is 368 g/mol. The molecular formula is C27H36N2O. The third-order valence-electron chi connectivity index (χ3n) is 7.57. The number of nitrogens with zero attached hydrogens (tertiary/aromatic N) is 2. The molecule has 0 spiro atoms. The van der Waals surface area contributed by atoms with Crippen LogP contribution in [0.3, 0.4) is 0 Å². The van der Waals surface area contributed by atoms with Crippen LogP contribution in [0.5, 0.6) is 5.75 Å². The third kappa shape index (κ3) is 4.58. The van der Waals surface area contributed by atoms with Crippen molar-refractivity contribution in [1.82, 2.24) is 9.80 Å². The van der Waals surface area contributed by atoms with E-state index in [0.717, 1.165) is 30.3 Å². The van der Waals surface area contributed by atoms with Crippen molar-refractivity contribution in [3.8, 4) is 5.75 Å². The molecule has 2 atom stereocenters. The fraction of sp³-hybridized carbons (Fsp3) is 0.556. The summed E-state index contributed by atoms with van der Waals surface area (Å²) in [6, 6.07) is 20.8. The number of piperazine rings is 1. The molecule has 2 aromatic carbocycles. The Morgan fingerprint density at radius 1 is 0.767 bits per heavy atom. The summed E-state index contributed by atoms with van der Waals surface area (Å²) in [5, 5.41) is 0. The van der Waals surface area contributed by atoms with Crippen molar-refractivity contribution >= 4 is 0 Å². The van der Waals surface area contributed by atoms with Crippen LogP contribution < -0.4 is 4.74 Å². The van der Waals surface area contributed by atoms with Crippen molar-refractivity contribution in [2.75, 3.05) is 19.6 Å². The summed E-state index contributed by atoms with van der Waals surface area (Å²) < 4.78 is 6.11. The van der Waals surface area contributed by atoms with Gasteiger partial charge in [0.15, 0.2) is 0 Å². The van der Waals surface area contributed by atoms with Gasteiger partial charge in [0.25, 0.3) is 0 Å². The first-order valence-corrected chi connectivity index (χ1v) is 12.1. The van der Waals surface area contributed by atoms with E-state index in [1.54, 1.807) is 0 Å². The first-order valence-electron chi connectivity index (χ1n) is 12.1. The second-order valence-corrected chi connectivity index (χ2v) is 9.53. The van der Waals surface area contributed by atoms with Gasteiger partial charge in [-0.2, -0.15) is 0 Å². The summed E-state index contributed by atoms with van der Waals surface area (Å²) in [5.74, 6) is 1.88. The molecule has 2 saturated heterocycles. The monoisotopic (exact) mass is 404 g/mol. The van der Waals surface area contributed by atoms with Crippen molar-refractivity contribution in [3.05, 3.63) is 65.7 Å². The molecule has 1 aliphatic carbocycles. The Labute approximate surface area is 182 Å². The lowest BCUT2D eigenvalue weighted by molar-refractivity contribution is -0.00383. The Hall–Kier alpha value is -1.84. The number of hydrogen-bond donors (Lipinski definition) is 0. The van der Waals surface area contributed by atoms with Crippen LogP contribution in [-0.4, -0.2) is 41.5 Å². The normalized spacial score (nSPS) is 25.9. The number of benzene rings is 2. The predicted octanol–water partition coefficient (Wildman–Crippen LogP) is 5.49. The van der Waals surface area contributed by atoms with E-state index in [2.05, 4.69) is 64.4 Å². The standard InChI is InChI=1S/C27H36N2O/c1-3-9-22(10-4-1)21-30-25-14-7-11-23(19-25)20-29-18-17-28-16-8-15-26(28)27(29)24-12-5-2-6-13-24/h1,3-4,7,9-11,14,19,24,26-27H,2,5-6,8,12-13,15-18,20-21H2. The molecule has 3 nitrogen and oxygen atoms in total. The highest BCUT2D eigenvalue weighted by Gasteiger charge is 2.42. The van der Waals surface area contributed by atoms with Gasteiger partial charge < -0.3 is 4.74 Å². The number of rotatable bonds is 6. The Morgan fingerprint density at radius 3 is 2.47 bits per heavy atom. The van der Waals surface area contributed by atoms with Crippen molar-refractivity contribution in [2.45, 2.75) is 70.2 Å². The quantitative estimate of drug-likeness (QED) is 0.633. The average molecular weight is 405 g/mol. The zero-order chi connectivity index (χ0) is 20.2. The molecule has 3 aliphatic rings. The first-order chi connectivity index (χ1) is 14.9. The molecule has 0 bridgehead atoms. The van der Waals surface area contributed by atoms with E-state index < -0.39 is 0 Å². The van der Waals surface area contributed by atoms with Crippen LogP contribution >= 0.6 is 0 Å². The van der Waals surface area contributed by atoms with Gasteiger partial charge in [0.2, 0.25) is 0 Å². The molecule has 2 aliphatic heterocycles. The number of hydrogen-bond acceptors (Lipinski definition) is 3. The van der Waals surface area contributed by atoms with Crippen LogP contribution in [0.1, 0.15) is 56.1 Å². The summed E-state index contributed by atoms with van der Waals surface area (Å²) in [5.41, 5.74) is 2.62. The van der Waals surface area contributed by atoms with Crippen molar-refractivity contribution < 1.29 is 4.74 Å². The Morgan fingerprint density at radius 2 is 1.60 bits per heavy atom. The van der Waals surface area contributed by atoms with Crippen LogP contribution in [0.15, 0.2) is 54.6 Å². The Kier molecular flexibility index (Phi) is 6.38. The van der Waals surface area contributed by atoms with Crippen LogP contribution in [0, 0.1) is 5.92 Å². The van der Waals surface area contributed by atoms with Gasteiger partial charge in [-0.1, -0.05) is 61.7 Å². The molecule has 2 aromatic rings. The van der Waals surface area contributed by atoms with Crippen LogP contribution in [-0.2, 0) is 13.2 Å². The van der Waals surface area contributed by atoms with Crippen molar-refractivity contribution in [3.63, 3.8) is 0 Å². The van der Waals surface area contributed by atoms with Gasteiger partial charge in [-0.05, 0) is 61.4 Å². The summed E-state index contributed by atoms with van der Waals surface area (Å²) in [7, 11) is 0. The lowest BCUT2D eigenvalue weighted by atomic mass is 9.78. The smallest absolute Gasteiger partial charge is 0.120 e.